The fourth-order valence-corrected chi connectivity index (χ4v) is 11.7. The second-order valence-corrected chi connectivity index (χ2v) is 20.2. The molecule has 18 nitrogen and oxygen atoms in total. The van der Waals surface area contributed by atoms with Crippen LogP contribution in [0.5, 0.6) is 0 Å². The normalized spacial score (nSPS) is 29.1. The molecule has 0 amide bonds. The topological polar surface area (TPSA) is 206 Å². The predicted octanol–water partition coefficient (Wildman–Crippen LogP) is 5.81. The lowest BCUT2D eigenvalue weighted by Crippen LogP contribution is -2.37. The highest BCUT2D eigenvalue weighted by molar-refractivity contribution is 5.76. The summed E-state index contributed by atoms with van der Waals surface area (Å²) in [6.45, 7) is 8.81. The molecule has 12 atom stereocenters. The summed E-state index contributed by atoms with van der Waals surface area (Å²) in [6, 6.07) is 19.4. The van der Waals surface area contributed by atoms with Crippen molar-refractivity contribution in [2.75, 3.05) is 59.5 Å². The van der Waals surface area contributed by atoms with Gasteiger partial charge in [0, 0.05) is 62.1 Å². The largest absolute Gasteiger partial charge is 0.480 e. The van der Waals surface area contributed by atoms with E-state index < -0.39 is 5.97 Å². The van der Waals surface area contributed by atoms with E-state index in [9.17, 15) is 9.59 Å². The molecule has 6 aromatic heterocycles. The SMILES string of the molecule is C(#Cc1ccccn1)c1ccc(-c2noc(C3CC4CCN3C4)n2)nc1.C(#Cc1ccccn1)c1ccc(-c2noc(C3CC4CCN3C4)n2)nc1.COC(=O)C1CC2CCN1C2.O=C(O)C1CC2CCN1C2. The summed E-state index contributed by atoms with van der Waals surface area (Å²) in [5, 5.41) is 16.9. The van der Waals surface area contributed by atoms with Crippen LogP contribution < -0.4 is 0 Å². The first-order chi connectivity index (χ1) is 35.8. The second kappa shape index (κ2) is 21.9. The number of methoxy groups -OCH3 is 1. The Hall–Kier alpha value is -7.22. The van der Waals surface area contributed by atoms with Gasteiger partial charge in [-0.05, 0) is 162 Å². The third-order valence-electron chi connectivity index (χ3n) is 15.5. The number of esters is 1. The predicted molar refractivity (Wildman–Crippen MR) is 265 cm³/mol. The zero-order valence-corrected chi connectivity index (χ0v) is 40.9. The maximum Gasteiger partial charge on any atom is 0.323 e. The Bertz CT molecular complexity index is 2820. The van der Waals surface area contributed by atoms with Crippen LogP contribution in [0.4, 0.5) is 0 Å². The zero-order valence-electron chi connectivity index (χ0n) is 40.9. The fraction of sp³-hybridized carbons (Fsp3) is 0.455. The molecule has 0 radical (unpaired) electrons. The summed E-state index contributed by atoms with van der Waals surface area (Å²) in [7, 11) is 1.47. The molecule has 18 heteroatoms. The standard InChI is InChI=1S/2C20H17N5O.C8H13NO2.C7H11NO2/c2*1-2-9-21-16(3-1)6-4-14-5-7-17(22-12-14)19-23-20(26-24-19)18-11-15-8-10-25(18)13-15;1-11-8(10)7-4-6-2-3-9(7)5-6;9-7(10)6-3-5-1-2-8(6)4-5/h2*1-3,5,7,9,12,15,18H,8,10-11,13H2;6-7H,2-5H2,1H3;5-6H,1-4H2,(H,9,10). The summed E-state index contributed by atoms with van der Waals surface area (Å²) in [5.41, 5.74) is 4.51. The Labute approximate surface area is 424 Å². The van der Waals surface area contributed by atoms with Gasteiger partial charge in [-0.15, -0.1) is 0 Å². The van der Waals surface area contributed by atoms with Crippen LogP contribution in [0.25, 0.3) is 23.0 Å². The number of carbonyl (C=O) groups excluding carboxylic acids is 1. The van der Waals surface area contributed by atoms with Crippen molar-refractivity contribution in [2.24, 2.45) is 23.7 Å². The van der Waals surface area contributed by atoms with Crippen LogP contribution in [-0.2, 0) is 14.3 Å². The molecule has 8 saturated heterocycles. The van der Waals surface area contributed by atoms with Crippen LogP contribution >= 0.6 is 0 Å². The van der Waals surface area contributed by atoms with Crippen molar-refractivity contribution in [3.63, 3.8) is 0 Å². The number of carboxylic acid groups (broad SMARTS) is 1. The number of ether oxygens (including phenoxy) is 1. The number of hydrogen-bond acceptors (Lipinski definition) is 17. The molecule has 14 rings (SSSR count). The molecule has 14 heterocycles. The van der Waals surface area contributed by atoms with Crippen molar-refractivity contribution in [1.82, 2.24) is 59.8 Å². The molecule has 6 aromatic rings. The van der Waals surface area contributed by atoms with E-state index in [-0.39, 0.29) is 30.1 Å². The Balaban J connectivity index is 0.000000114. The average Bonchev–Trinajstić information content (AvgIpc) is 4.28. The third-order valence-corrected chi connectivity index (χ3v) is 15.5. The van der Waals surface area contributed by atoms with E-state index in [0.717, 1.165) is 118 Å². The van der Waals surface area contributed by atoms with Crippen LogP contribution in [0, 0.1) is 47.4 Å². The van der Waals surface area contributed by atoms with Gasteiger partial charge in [-0.3, -0.25) is 39.2 Å². The van der Waals surface area contributed by atoms with Crippen LogP contribution in [0.2, 0.25) is 0 Å². The molecule has 0 saturated carbocycles. The summed E-state index contributed by atoms with van der Waals surface area (Å²) in [4.78, 5) is 57.2. The van der Waals surface area contributed by atoms with Crippen molar-refractivity contribution in [3.05, 3.63) is 120 Å². The lowest BCUT2D eigenvalue weighted by molar-refractivity contribution is -0.146. The highest BCUT2D eigenvalue weighted by atomic mass is 16.5. The van der Waals surface area contributed by atoms with E-state index in [1.54, 1.807) is 24.8 Å². The van der Waals surface area contributed by atoms with Crippen LogP contribution in [0.3, 0.4) is 0 Å². The molecule has 374 valence electrons. The van der Waals surface area contributed by atoms with E-state index in [0.29, 0.717) is 40.7 Å². The summed E-state index contributed by atoms with van der Waals surface area (Å²) in [6.07, 6.45) is 16.1. The number of carbonyl (C=O) groups is 2. The highest BCUT2D eigenvalue weighted by Gasteiger charge is 2.44. The van der Waals surface area contributed by atoms with Gasteiger partial charge >= 0.3 is 11.9 Å². The van der Waals surface area contributed by atoms with Crippen molar-refractivity contribution in [2.45, 2.75) is 75.5 Å². The van der Waals surface area contributed by atoms with E-state index in [1.165, 1.54) is 32.8 Å². The van der Waals surface area contributed by atoms with Gasteiger partial charge in [-0.2, -0.15) is 9.97 Å². The van der Waals surface area contributed by atoms with E-state index in [2.05, 4.69) is 83.5 Å². The minimum Gasteiger partial charge on any atom is -0.480 e. The van der Waals surface area contributed by atoms with E-state index >= 15 is 0 Å². The molecule has 0 spiro atoms. The lowest BCUT2D eigenvalue weighted by Gasteiger charge is -2.21. The number of aliphatic carboxylic acids is 1. The number of carboxylic acids is 1. The van der Waals surface area contributed by atoms with Crippen LogP contribution in [0.1, 0.15) is 97.7 Å². The Morgan fingerprint density at radius 3 is 1.34 bits per heavy atom. The van der Waals surface area contributed by atoms with Gasteiger partial charge in [0.05, 0.1) is 19.2 Å². The van der Waals surface area contributed by atoms with Gasteiger partial charge in [0.1, 0.15) is 34.9 Å². The van der Waals surface area contributed by atoms with Gasteiger partial charge < -0.3 is 18.9 Å². The first kappa shape index (κ1) is 48.1. The Morgan fingerprint density at radius 2 is 1.01 bits per heavy atom. The molecule has 0 aliphatic carbocycles. The zero-order chi connectivity index (χ0) is 49.7. The molecule has 8 aliphatic rings. The van der Waals surface area contributed by atoms with E-state index in [4.69, 9.17) is 18.9 Å². The minimum absolute atomic E-state index is 0.0489. The second-order valence-electron chi connectivity index (χ2n) is 20.2. The number of pyridine rings is 4. The molecule has 1 N–H and O–H groups in total. The van der Waals surface area contributed by atoms with Gasteiger partial charge in [-0.1, -0.05) is 34.3 Å². The monoisotopic (exact) mass is 982 g/mol. The van der Waals surface area contributed by atoms with Crippen molar-refractivity contribution in [3.8, 4) is 46.7 Å². The molecule has 8 aliphatic heterocycles. The molecular weight excluding hydrogens is 925 g/mol. The highest BCUT2D eigenvalue weighted by Crippen LogP contribution is 2.43. The number of piperidine rings is 4. The van der Waals surface area contributed by atoms with Crippen molar-refractivity contribution in [1.29, 1.82) is 0 Å². The minimum atomic E-state index is -0.637. The molecule has 8 fully saturated rings. The van der Waals surface area contributed by atoms with Gasteiger partial charge in [-0.25, -0.2) is 9.97 Å². The number of aromatic nitrogens is 8. The van der Waals surface area contributed by atoms with Crippen molar-refractivity contribution >= 4 is 11.9 Å². The Morgan fingerprint density at radius 1 is 0.562 bits per heavy atom. The van der Waals surface area contributed by atoms with Gasteiger partial charge in [0.2, 0.25) is 23.4 Å². The van der Waals surface area contributed by atoms with Crippen LogP contribution in [0.15, 0.2) is 94.5 Å². The Kier molecular flexibility index (Phi) is 14.4. The summed E-state index contributed by atoms with van der Waals surface area (Å²) >= 11 is 0. The maximum absolute atomic E-state index is 11.1. The molecule has 12 unspecified atom stereocenters. The molecular formula is C55H58N12O6. The quantitative estimate of drug-likeness (QED) is 0.155. The fourth-order valence-electron chi connectivity index (χ4n) is 11.7. The smallest absolute Gasteiger partial charge is 0.323 e. The maximum atomic E-state index is 11.1. The van der Waals surface area contributed by atoms with Gasteiger partial charge in [0.25, 0.3) is 0 Å². The van der Waals surface area contributed by atoms with Crippen molar-refractivity contribution < 1.29 is 28.5 Å². The molecule has 73 heavy (non-hydrogen) atoms. The molecule has 0 aromatic carbocycles. The van der Waals surface area contributed by atoms with E-state index in [1.807, 2.05) is 60.7 Å². The average molecular weight is 983 g/mol. The molecule has 8 bridgehead atoms. The first-order valence-corrected chi connectivity index (χ1v) is 25.5. The van der Waals surface area contributed by atoms with Gasteiger partial charge in [0.15, 0.2) is 0 Å². The number of hydrogen-bond donors (Lipinski definition) is 1. The first-order valence-electron chi connectivity index (χ1n) is 25.5. The summed E-state index contributed by atoms with van der Waals surface area (Å²) < 4.78 is 15.7. The van der Waals surface area contributed by atoms with Crippen LogP contribution in [-0.4, -0.2) is 148 Å². The number of fused-ring (bicyclic) bond motifs is 8. The lowest BCUT2D eigenvalue weighted by atomic mass is 10.0. The third kappa shape index (κ3) is 11.2. The summed E-state index contributed by atoms with van der Waals surface area (Å²) in [5.74, 6) is 17.0. The number of rotatable bonds is 6. The number of nitrogens with zero attached hydrogens (tertiary/aromatic N) is 12.